The van der Waals surface area contributed by atoms with Gasteiger partial charge < -0.3 is 29.2 Å². The zero-order valence-corrected chi connectivity index (χ0v) is 32.3. The third-order valence-corrected chi connectivity index (χ3v) is 9.92. The van der Waals surface area contributed by atoms with Gasteiger partial charge in [-0.1, -0.05) is 88.6 Å². The summed E-state index contributed by atoms with van der Waals surface area (Å²) < 4.78 is 22.5. The van der Waals surface area contributed by atoms with Crippen LogP contribution in [0, 0.1) is 18.3 Å². The fourth-order valence-electron chi connectivity index (χ4n) is 6.53. The molecule has 0 aliphatic heterocycles. The van der Waals surface area contributed by atoms with Crippen LogP contribution in [0.25, 0.3) is 27.8 Å². The van der Waals surface area contributed by atoms with Gasteiger partial charge in [0.15, 0.2) is 0 Å². The largest absolute Gasteiger partial charge is 0.490 e. The zero-order valence-electron chi connectivity index (χ0n) is 32.3. The van der Waals surface area contributed by atoms with Crippen LogP contribution in [0.4, 0.5) is 0 Å². The van der Waals surface area contributed by atoms with Gasteiger partial charge in [-0.15, -0.1) is 0 Å². The number of hydrogen-bond donors (Lipinski definition) is 2. The van der Waals surface area contributed by atoms with Crippen LogP contribution in [-0.2, 0) is 25.5 Å². The highest BCUT2D eigenvalue weighted by molar-refractivity contribution is 5.87. The number of unbranched alkanes of at least 4 members (excludes halogenated alkanes) is 2. The van der Waals surface area contributed by atoms with Gasteiger partial charge in [-0.05, 0) is 109 Å². The summed E-state index contributed by atoms with van der Waals surface area (Å²) in [6.45, 7) is 12.7. The minimum atomic E-state index is -0.998. The van der Waals surface area contributed by atoms with Crippen molar-refractivity contribution >= 4 is 17.5 Å². The summed E-state index contributed by atoms with van der Waals surface area (Å²) in [7, 11) is 0. The number of carbonyl (C=O) groups excluding carboxylic acids is 2. The van der Waals surface area contributed by atoms with E-state index in [1.807, 2.05) is 12.1 Å². The molecule has 0 heterocycles. The summed E-state index contributed by atoms with van der Waals surface area (Å²) in [5.41, 5.74) is 8.47. The second-order valence-corrected chi connectivity index (χ2v) is 14.6. The maximum Gasteiger partial charge on any atom is 0.335 e. The van der Waals surface area contributed by atoms with Crippen molar-refractivity contribution in [1.29, 1.82) is 0 Å². The molecule has 8 nitrogen and oxygen atoms in total. The first-order valence-electron chi connectivity index (χ1n) is 19.1. The van der Waals surface area contributed by atoms with Gasteiger partial charge in [0.25, 0.3) is 0 Å². The van der Waals surface area contributed by atoms with E-state index < -0.39 is 24.0 Å². The van der Waals surface area contributed by atoms with E-state index in [9.17, 15) is 14.7 Å². The van der Waals surface area contributed by atoms with E-state index in [1.165, 1.54) is 60.8 Å². The summed E-state index contributed by atoms with van der Waals surface area (Å²) in [5.74, 6) is 0.666. The highest BCUT2D eigenvalue weighted by Crippen LogP contribution is 2.37. The molecule has 0 aromatic heterocycles. The van der Waals surface area contributed by atoms with Gasteiger partial charge in [0.2, 0.25) is 0 Å². The van der Waals surface area contributed by atoms with Crippen LogP contribution in [0.1, 0.15) is 89.3 Å². The first-order valence-corrected chi connectivity index (χ1v) is 19.1. The first-order chi connectivity index (χ1) is 25.5. The molecule has 3 aromatic carbocycles. The number of aliphatic hydroxyl groups is 2. The Morgan fingerprint density at radius 3 is 2.11 bits per heavy atom. The number of rotatable bonds is 20. The molecule has 1 aliphatic rings. The Labute approximate surface area is 315 Å². The van der Waals surface area contributed by atoms with E-state index in [4.69, 9.17) is 24.1 Å². The lowest BCUT2D eigenvalue weighted by molar-refractivity contribution is -0.156. The SMILES string of the molecule is C=C(CO)C(=O)OCCOc1cc(OCCOC(=O)C(C)(C)CO)cc(-c2ccc(-c3ccc(C4=CCC(CCCCC)CC4)cc3C)cc2CC)c1. The van der Waals surface area contributed by atoms with Crippen LogP contribution in [0.5, 0.6) is 11.5 Å². The number of benzene rings is 3. The van der Waals surface area contributed by atoms with Crippen LogP contribution in [0.15, 0.2) is 72.8 Å². The van der Waals surface area contributed by atoms with Crippen LogP contribution < -0.4 is 9.47 Å². The highest BCUT2D eigenvalue weighted by Gasteiger charge is 2.28. The number of aryl methyl sites for hydroxylation is 2. The minimum Gasteiger partial charge on any atom is -0.490 e. The molecule has 1 atom stereocenters. The van der Waals surface area contributed by atoms with E-state index in [1.54, 1.807) is 19.9 Å². The molecule has 53 heavy (non-hydrogen) atoms. The van der Waals surface area contributed by atoms with Crippen molar-refractivity contribution in [1.82, 2.24) is 0 Å². The molecule has 0 fully saturated rings. The van der Waals surface area contributed by atoms with E-state index in [-0.39, 0.29) is 38.6 Å². The molecule has 0 bridgehead atoms. The second-order valence-electron chi connectivity index (χ2n) is 14.6. The van der Waals surface area contributed by atoms with Crippen molar-refractivity contribution in [2.45, 2.75) is 86.0 Å². The molecular formula is C45H58O8. The van der Waals surface area contributed by atoms with Crippen molar-refractivity contribution < 1.29 is 38.7 Å². The molecule has 0 saturated carbocycles. The average Bonchev–Trinajstić information content (AvgIpc) is 3.17. The molecule has 4 rings (SSSR count). The highest BCUT2D eigenvalue weighted by atomic mass is 16.6. The molecule has 8 heteroatoms. The lowest BCUT2D eigenvalue weighted by Crippen LogP contribution is -2.31. The van der Waals surface area contributed by atoms with Gasteiger partial charge in [-0.3, -0.25) is 4.79 Å². The summed E-state index contributed by atoms with van der Waals surface area (Å²) in [6.07, 6.45) is 12.2. The lowest BCUT2D eigenvalue weighted by Gasteiger charge is -2.22. The maximum atomic E-state index is 12.3. The molecule has 3 aromatic rings. The first kappa shape index (κ1) is 41.4. The standard InChI is InChI=1S/C45H58O8/c1-7-9-10-11-33-12-14-35(15-13-33)36-16-18-41(31(3)24-36)37-17-19-42(34(8-2)25-37)38-26-39(50-20-22-52-43(48)32(4)29-46)28-40(27-38)51-21-23-53-44(49)45(5,6)30-47/h14,16-19,24-28,33,46-47H,4,7-13,15,20-23,29-30H2,1-3,5-6H3. The van der Waals surface area contributed by atoms with E-state index in [2.05, 4.69) is 69.8 Å². The quantitative estimate of drug-likeness (QED) is 0.0674. The Morgan fingerprint density at radius 2 is 1.51 bits per heavy atom. The fraction of sp³-hybridized carbons (Fsp3) is 0.467. The van der Waals surface area contributed by atoms with Gasteiger partial charge in [-0.25, -0.2) is 4.79 Å². The Kier molecular flexibility index (Phi) is 15.7. The van der Waals surface area contributed by atoms with Crippen LogP contribution in [0.2, 0.25) is 0 Å². The summed E-state index contributed by atoms with van der Waals surface area (Å²) in [5, 5.41) is 18.6. The zero-order chi connectivity index (χ0) is 38.4. The predicted molar refractivity (Wildman–Crippen MR) is 211 cm³/mol. The van der Waals surface area contributed by atoms with Crippen molar-refractivity contribution in [3.63, 3.8) is 0 Å². The van der Waals surface area contributed by atoms with Crippen molar-refractivity contribution in [3.05, 3.63) is 89.5 Å². The predicted octanol–water partition coefficient (Wildman–Crippen LogP) is 9.07. The smallest absolute Gasteiger partial charge is 0.335 e. The number of aliphatic hydroxyl groups excluding tert-OH is 2. The number of allylic oxidation sites excluding steroid dienone is 2. The normalized spacial score (nSPS) is 14.3. The Balaban J connectivity index is 1.53. The molecule has 2 N–H and O–H groups in total. The Hall–Kier alpha value is -4.40. The Bertz CT molecular complexity index is 1740. The van der Waals surface area contributed by atoms with Crippen LogP contribution in [-0.4, -0.2) is 61.8 Å². The molecule has 0 radical (unpaired) electrons. The lowest BCUT2D eigenvalue weighted by atomic mass is 9.83. The summed E-state index contributed by atoms with van der Waals surface area (Å²) in [6, 6.07) is 19.0. The number of carbonyl (C=O) groups is 2. The van der Waals surface area contributed by atoms with Gasteiger partial charge >= 0.3 is 11.9 Å². The van der Waals surface area contributed by atoms with Crippen molar-refractivity contribution in [2.75, 3.05) is 39.6 Å². The number of esters is 2. The van der Waals surface area contributed by atoms with E-state index in [0.717, 1.165) is 41.0 Å². The summed E-state index contributed by atoms with van der Waals surface area (Å²) >= 11 is 0. The fourth-order valence-corrected chi connectivity index (χ4v) is 6.53. The monoisotopic (exact) mass is 726 g/mol. The third-order valence-electron chi connectivity index (χ3n) is 9.92. The Morgan fingerprint density at radius 1 is 0.830 bits per heavy atom. The number of hydrogen-bond acceptors (Lipinski definition) is 8. The van der Waals surface area contributed by atoms with Gasteiger partial charge in [-0.2, -0.15) is 0 Å². The molecule has 1 unspecified atom stereocenters. The molecule has 0 spiro atoms. The molecular weight excluding hydrogens is 668 g/mol. The van der Waals surface area contributed by atoms with Gasteiger partial charge in [0.05, 0.1) is 24.2 Å². The van der Waals surface area contributed by atoms with Gasteiger partial charge in [0, 0.05) is 6.07 Å². The summed E-state index contributed by atoms with van der Waals surface area (Å²) in [4.78, 5) is 24.2. The minimum absolute atomic E-state index is 0.0112. The van der Waals surface area contributed by atoms with Crippen LogP contribution >= 0.6 is 0 Å². The van der Waals surface area contributed by atoms with Crippen LogP contribution in [0.3, 0.4) is 0 Å². The molecule has 0 saturated heterocycles. The topological polar surface area (TPSA) is 112 Å². The molecule has 1 aliphatic carbocycles. The van der Waals surface area contributed by atoms with E-state index >= 15 is 0 Å². The van der Waals surface area contributed by atoms with Crippen molar-refractivity contribution in [3.8, 4) is 33.8 Å². The van der Waals surface area contributed by atoms with Gasteiger partial charge in [0.1, 0.15) is 37.9 Å². The maximum absolute atomic E-state index is 12.3. The molecule has 0 amide bonds. The van der Waals surface area contributed by atoms with E-state index in [0.29, 0.717) is 11.5 Å². The number of ether oxygens (including phenoxy) is 4. The average molecular weight is 727 g/mol. The third kappa shape index (κ3) is 11.8. The molecule has 286 valence electrons. The van der Waals surface area contributed by atoms with Crippen molar-refractivity contribution in [2.24, 2.45) is 11.3 Å². The second kappa shape index (κ2) is 20.2.